The number of nitro benzene ring substituents is 2. The van der Waals surface area contributed by atoms with Crippen molar-refractivity contribution in [1.29, 1.82) is 0 Å². The molecule has 0 saturated carbocycles. The van der Waals surface area contributed by atoms with Crippen molar-refractivity contribution in [3.05, 3.63) is 339 Å². The molecule has 34 nitrogen and oxygen atoms in total. The number of nitrogens with zero attached hydrogens (tertiary/aromatic N) is 21. The molecular formula is C110H130ClFN24O10. The average molecular weight is 2020 g/mol. The highest BCUT2D eigenvalue weighted by Crippen LogP contribution is 2.40. The minimum Gasteiger partial charge on any atom is -0.496 e. The summed E-state index contributed by atoms with van der Waals surface area (Å²) in [7, 11) is 17.8. The van der Waals surface area contributed by atoms with E-state index in [1.165, 1.54) is 65.1 Å². The van der Waals surface area contributed by atoms with E-state index in [1.54, 1.807) is 84.2 Å². The van der Waals surface area contributed by atoms with Crippen molar-refractivity contribution < 1.29 is 63.3 Å². The van der Waals surface area contributed by atoms with Crippen LogP contribution in [0, 0.1) is 53.7 Å². The fraction of sp³-hybridized carbons (Fsp3) is 0.291. The van der Waals surface area contributed by atoms with Crippen molar-refractivity contribution in [3.8, 4) is 46.3 Å². The molecule has 4 N–H and O–H groups in total. The van der Waals surface area contributed by atoms with Crippen molar-refractivity contribution in [2.45, 2.75) is 53.4 Å². The number of aryl methyl sites for hydroxylation is 4. The van der Waals surface area contributed by atoms with Crippen LogP contribution in [0.2, 0.25) is 0 Å². The van der Waals surface area contributed by atoms with Crippen LogP contribution >= 0.6 is 11.6 Å². The van der Waals surface area contributed by atoms with Gasteiger partial charge in [0.25, 0.3) is 5.69 Å². The fourth-order valence-electron chi connectivity index (χ4n) is 16.0. The van der Waals surface area contributed by atoms with E-state index in [2.05, 4.69) is 114 Å². The molecule has 0 bridgehead atoms. The molecule has 764 valence electrons. The van der Waals surface area contributed by atoms with E-state index in [0.717, 1.165) is 95.5 Å². The summed E-state index contributed by atoms with van der Waals surface area (Å²) < 4.78 is 154. The second kappa shape index (κ2) is 52.4. The number of nitrogens with two attached hydrogens (primary N) is 1. The SMILES string of the molecule is C=CC(=O)Cl.COc1cc(F)c([N+](=O)[O-])cc1Cc1nccc(-n2cc(C)c3ccccc32)n1.[2H]C([2H])([2H])N(C)CCN(C)c1cc(OC)c(Cc2nccc(-n3cc(C)c4ccccc43)n2)cc1N.[2H]C([2H])([2H])N(C)CCN(C)c1cc(OC)c(Cc2nccc(-n3cc(C)c4ccccc43)n2)cc1NC(=O)C=C.[2H]C([2H])([2H])N(C)CCN(C)c1cc(OC)c(Cc2nccc(-n3cc(C)c4ccccc43)n2)cc1[N+](=O)[O-].[2H]C([2H])([2H])N(CCNC)C([2H])([2H])[2H]. The van der Waals surface area contributed by atoms with Gasteiger partial charge in [-0.2, -0.15) is 4.39 Å². The lowest BCUT2D eigenvalue weighted by atomic mass is 10.1. The smallest absolute Gasteiger partial charge is 0.305 e. The quantitative estimate of drug-likeness (QED) is 0.0108. The molecule has 0 radical (unpaired) electrons. The number of aromatic nitrogens is 12. The number of para-hydroxylation sites is 4. The summed E-state index contributed by atoms with van der Waals surface area (Å²) in [5.74, 6) is 5.73. The van der Waals surface area contributed by atoms with Crippen LogP contribution in [0.1, 0.15) is 88.4 Å². The molecule has 8 heterocycles. The number of fused-ring (bicyclic) bond motifs is 4. The number of benzene rings is 8. The first kappa shape index (κ1) is 90.1. The third-order valence-electron chi connectivity index (χ3n) is 23.5. The number of hydrogen-bond donors (Lipinski definition) is 3. The van der Waals surface area contributed by atoms with Crippen LogP contribution in [-0.2, 0) is 35.3 Å². The molecule has 8 aromatic carbocycles. The summed E-state index contributed by atoms with van der Waals surface area (Å²) in [5.41, 5.74) is 20.1. The third-order valence-corrected chi connectivity index (χ3v) is 23.6. The molecule has 16 rings (SSSR count). The first-order valence-electron chi connectivity index (χ1n) is 53.6. The number of ether oxygens (including phenoxy) is 4. The molecule has 16 aromatic rings. The van der Waals surface area contributed by atoms with Crippen molar-refractivity contribution in [1.82, 2.24) is 83.1 Å². The van der Waals surface area contributed by atoms with Crippen LogP contribution < -0.4 is 50.0 Å². The lowest BCUT2D eigenvalue weighted by molar-refractivity contribution is -0.387. The van der Waals surface area contributed by atoms with E-state index in [9.17, 15) is 34.2 Å². The molecule has 0 spiro atoms. The van der Waals surface area contributed by atoms with Gasteiger partial charge in [0.1, 0.15) is 75.3 Å². The Hall–Kier alpha value is -15.9. The van der Waals surface area contributed by atoms with Gasteiger partial charge in [-0.15, -0.1) is 0 Å². The van der Waals surface area contributed by atoms with Crippen LogP contribution in [0.25, 0.3) is 66.9 Å². The predicted molar refractivity (Wildman–Crippen MR) is 583 cm³/mol. The largest absolute Gasteiger partial charge is 0.496 e. The summed E-state index contributed by atoms with van der Waals surface area (Å²) >= 11 is 4.71. The van der Waals surface area contributed by atoms with E-state index in [4.69, 9.17) is 71.8 Å². The summed E-state index contributed by atoms with van der Waals surface area (Å²) in [6.07, 6.45) is 18.4. The third kappa shape index (κ3) is 29.0. The number of carbonyl (C=O) groups excluding carboxylic acids is 2. The van der Waals surface area contributed by atoms with Crippen molar-refractivity contribution in [3.63, 3.8) is 0 Å². The van der Waals surface area contributed by atoms with Crippen molar-refractivity contribution in [2.24, 2.45) is 0 Å². The molecule has 0 aliphatic carbocycles. The van der Waals surface area contributed by atoms with Crippen molar-refractivity contribution >= 4 is 106 Å². The Labute approximate surface area is 877 Å². The van der Waals surface area contributed by atoms with E-state index < -0.39 is 61.5 Å². The Morgan fingerprint density at radius 1 is 0.438 bits per heavy atom. The van der Waals surface area contributed by atoms with Gasteiger partial charge >= 0.3 is 5.69 Å². The zero-order valence-electron chi connectivity index (χ0n) is 99.1. The monoisotopic (exact) mass is 2020 g/mol. The Balaban J connectivity index is 0.000000192. The maximum atomic E-state index is 13.9. The first-order valence-corrected chi connectivity index (χ1v) is 46.5. The Morgan fingerprint density at radius 3 is 1.08 bits per heavy atom. The van der Waals surface area contributed by atoms with E-state index in [1.807, 2.05) is 168 Å². The number of nitro groups is 2. The van der Waals surface area contributed by atoms with Gasteiger partial charge in [0, 0.05) is 250 Å². The number of rotatable bonds is 36. The molecule has 0 saturated heterocycles. The van der Waals surface area contributed by atoms with Crippen LogP contribution in [-0.4, -0.2) is 264 Å². The highest BCUT2D eigenvalue weighted by atomic mass is 35.5. The number of likely N-dealkylation sites (N-methyl/N-ethyl adjacent to an activating group) is 8. The number of nitrogens with one attached hydrogen (secondary N) is 2. The van der Waals surface area contributed by atoms with Crippen molar-refractivity contribution in [2.75, 3.05) is 191 Å². The van der Waals surface area contributed by atoms with E-state index in [-0.39, 0.29) is 49.8 Å². The maximum absolute atomic E-state index is 13.9. The molecule has 0 fully saturated rings. The second-order valence-corrected chi connectivity index (χ2v) is 34.4. The summed E-state index contributed by atoms with van der Waals surface area (Å²) in [6, 6.07) is 52.6. The molecule has 146 heavy (non-hydrogen) atoms. The van der Waals surface area contributed by atoms with Gasteiger partial charge in [-0.3, -0.25) is 29.8 Å². The Kier molecular flexibility index (Phi) is 32.3. The highest BCUT2D eigenvalue weighted by Gasteiger charge is 2.27. The zero-order chi connectivity index (χ0) is 118. The fourth-order valence-corrected chi connectivity index (χ4v) is 16.0. The lowest BCUT2D eigenvalue weighted by Crippen LogP contribution is -2.29. The van der Waals surface area contributed by atoms with Gasteiger partial charge in [0.2, 0.25) is 17.0 Å². The number of amides is 1. The topological polar surface area (TPSA) is 353 Å². The molecule has 0 atom stereocenters. The normalized spacial score (nSPS) is 12.9. The minimum atomic E-state index is -2.57. The predicted octanol–water partition coefficient (Wildman–Crippen LogP) is 17.7. The van der Waals surface area contributed by atoms with Gasteiger partial charge in [0.15, 0.2) is 0 Å². The number of allylic oxidation sites excluding steroid dienone is 1. The number of carbonyl (C=O) groups is 2. The van der Waals surface area contributed by atoms with E-state index in [0.29, 0.717) is 137 Å². The molecule has 0 aliphatic heterocycles. The summed E-state index contributed by atoms with van der Waals surface area (Å²) in [5, 5.41) is 32.8. The first-order chi connectivity index (χ1) is 76.0. The van der Waals surface area contributed by atoms with Crippen LogP contribution in [0.15, 0.2) is 245 Å². The van der Waals surface area contributed by atoms with Gasteiger partial charge in [-0.05, 0) is 197 Å². The molecule has 0 unspecified atom stereocenters. The average Bonchev–Trinajstić information content (AvgIpc) is 1.67. The minimum absolute atomic E-state index is 0.0243. The number of methoxy groups -OCH3 is 4. The number of hydrogen-bond acceptors (Lipinski definition) is 27. The van der Waals surface area contributed by atoms with E-state index >= 15 is 0 Å². The lowest BCUT2D eigenvalue weighted by Gasteiger charge is -2.25. The standard InChI is InChI=1S/C29H34N6O2.C26H30N6O3.C26H32N6O.C21H17FN4O3.C5H14N2.C3H3ClO/c1-7-29(36)31-23-16-21(26(37-6)18-25(23)34(5)15-14-33(3)4)17-27-30-13-12-28(32-27)35-19-20(2)22-10-8-9-11-24(22)35;1-18-17-31(21-9-7-6-8-20(18)21)26-10-11-27-25(28-26)15-19-14-23(32(33)34)22(16-24(19)35-5)30(4)13-12-29(2)3;1-18-17-32(22-9-7-6-8-20(18)22)26-10-11-28-25(29-26)15-19-14-21(27)23(16-24(19)33-5)31(4)13-12-30(2)3;1-13-12-25(17-6-4-3-5-15(13)17)21-7-8-23-20(24-21)10-14-9-18(26(27)28)16(22)11-19(14)29-2;1-6-4-5-7(2)3;1-2-3(4)5/h7-13,16,18-19H,1,14-15,17H2,2-6H3,(H,31,36);6-11,14,16-17H,12-13,15H2,1-5H3;6-11,14,16-17H,12-13,15,27H2,1-5H3;3-9,11-12H,10H2,1-2H3;6H,4-5H2,1-3H3;2H,1H2/i3D3;2*2D3;;2D3,3D3;. The number of anilines is 5. The second-order valence-electron chi connectivity index (χ2n) is 34.0. The van der Waals surface area contributed by atoms with Crippen LogP contribution in [0.5, 0.6) is 23.0 Å². The van der Waals surface area contributed by atoms with Gasteiger partial charge in [-0.1, -0.05) is 86.0 Å². The molecule has 8 aromatic heterocycles. The Morgan fingerprint density at radius 2 is 0.747 bits per heavy atom. The van der Waals surface area contributed by atoms with Gasteiger partial charge < -0.3 is 87.9 Å². The number of halogens is 2. The maximum Gasteiger partial charge on any atom is 0.305 e. The number of nitrogen functional groups attached to an aromatic ring is 1. The summed E-state index contributed by atoms with van der Waals surface area (Å²) in [4.78, 5) is 90.2. The van der Waals surface area contributed by atoms with Crippen LogP contribution in [0.4, 0.5) is 44.2 Å². The molecule has 36 heteroatoms. The van der Waals surface area contributed by atoms with Crippen LogP contribution in [0.3, 0.4) is 0 Å². The molecule has 0 aliphatic rings. The Bertz CT molecular complexity index is 7870. The summed E-state index contributed by atoms with van der Waals surface area (Å²) in [6.45, 7) is 5.52. The molecular weight excluding hydrogens is 1870 g/mol. The van der Waals surface area contributed by atoms with Gasteiger partial charge in [-0.25, -0.2) is 39.9 Å². The van der Waals surface area contributed by atoms with Gasteiger partial charge in [0.05, 0.1) is 83.1 Å². The highest BCUT2D eigenvalue weighted by molar-refractivity contribution is 6.66. The zero-order valence-corrected chi connectivity index (χ0v) is 84.9. The molecule has 1 amide bonds.